The van der Waals surface area contributed by atoms with Gasteiger partial charge in [-0.25, -0.2) is 17.5 Å². The lowest BCUT2D eigenvalue weighted by Gasteiger charge is -2.20. The number of nitrogens with zero attached hydrogens (tertiary/aromatic N) is 1. The first kappa shape index (κ1) is 15.8. The maximum atomic E-state index is 12.8. The number of benzene rings is 2. The average Bonchev–Trinajstić information content (AvgIpc) is 2.56. The molecule has 0 aliphatic carbocycles. The van der Waals surface area contributed by atoms with E-state index in [1.165, 1.54) is 25.4 Å². The average molecular weight is 317 g/mol. The van der Waals surface area contributed by atoms with Gasteiger partial charge in [-0.05, 0) is 24.3 Å². The second-order valence-electron chi connectivity index (χ2n) is 4.29. The van der Waals surface area contributed by atoms with Gasteiger partial charge in [-0.2, -0.15) is 0 Å². The third-order valence-corrected chi connectivity index (χ3v) is 4.58. The van der Waals surface area contributed by atoms with Crippen LogP contribution in [-0.4, -0.2) is 21.5 Å². The first-order chi connectivity index (χ1) is 10.6. The summed E-state index contributed by atoms with van der Waals surface area (Å²) in [5.41, 5.74) is 0.423. The summed E-state index contributed by atoms with van der Waals surface area (Å²) in [6.07, 6.45) is 2.25. The van der Waals surface area contributed by atoms with E-state index in [2.05, 4.69) is 4.74 Å². The van der Waals surface area contributed by atoms with Gasteiger partial charge >= 0.3 is 5.97 Å². The Bertz CT molecular complexity index is 755. The van der Waals surface area contributed by atoms with E-state index < -0.39 is 16.0 Å². The number of sulfonamides is 1. The summed E-state index contributed by atoms with van der Waals surface area (Å²) in [6, 6.07) is 16.5. The fraction of sp³-hybridized carbons (Fsp3) is 0.0625. The molecule has 5 nitrogen and oxygen atoms in total. The van der Waals surface area contributed by atoms with Crippen LogP contribution in [0, 0.1) is 0 Å². The lowest BCUT2D eigenvalue weighted by atomic mass is 10.3. The van der Waals surface area contributed by atoms with Gasteiger partial charge in [-0.3, -0.25) is 0 Å². The second kappa shape index (κ2) is 6.91. The van der Waals surface area contributed by atoms with E-state index in [1.807, 2.05) is 0 Å². The third-order valence-electron chi connectivity index (χ3n) is 2.86. The Kier molecular flexibility index (Phi) is 4.95. The van der Waals surface area contributed by atoms with Gasteiger partial charge in [0.1, 0.15) is 0 Å². The number of anilines is 1. The third kappa shape index (κ3) is 3.53. The van der Waals surface area contributed by atoms with Gasteiger partial charge in [0.25, 0.3) is 10.0 Å². The fourth-order valence-electron chi connectivity index (χ4n) is 1.78. The number of carbonyl (C=O) groups excluding carboxylic acids is 1. The Balaban J connectivity index is 2.49. The van der Waals surface area contributed by atoms with Crippen molar-refractivity contribution in [2.75, 3.05) is 11.4 Å². The minimum atomic E-state index is -3.82. The molecule has 0 saturated heterocycles. The molecular weight excluding hydrogens is 302 g/mol. The molecule has 0 aromatic heterocycles. The number of carbonyl (C=O) groups is 1. The maximum absolute atomic E-state index is 12.8. The smallest absolute Gasteiger partial charge is 0.331 e. The lowest BCUT2D eigenvalue weighted by Crippen LogP contribution is -2.26. The van der Waals surface area contributed by atoms with Crippen molar-refractivity contribution in [1.82, 2.24) is 0 Å². The highest BCUT2D eigenvalue weighted by Crippen LogP contribution is 2.23. The van der Waals surface area contributed by atoms with Gasteiger partial charge in [-0.15, -0.1) is 0 Å². The van der Waals surface area contributed by atoms with Gasteiger partial charge in [-0.1, -0.05) is 36.4 Å². The number of hydrogen-bond acceptors (Lipinski definition) is 4. The molecular formula is C16H15NO4S. The number of ether oxygens (including phenoxy) is 1. The molecule has 0 aliphatic heterocycles. The van der Waals surface area contributed by atoms with Crippen LogP contribution >= 0.6 is 0 Å². The molecule has 0 N–H and O–H groups in total. The van der Waals surface area contributed by atoms with Crippen molar-refractivity contribution >= 4 is 21.7 Å². The molecule has 0 bridgehead atoms. The first-order valence-corrected chi connectivity index (χ1v) is 7.90. The summed E-state index contributed by atoms with van der Waals surface area (Å²) < 4.78 is 31.1. The highest BCUT2D eigenvalue weighted by molar-refractivity contribution is 7.93. The quantitative estimate of drug-likeness (QED) is 0.628. The van der Waals surface area contributed by atoms with Crippen molar-refractivity contribution in [1.29, 1.82) is 0 Å². The lowest BCUT2D eigenvalue weighted by molar-refractivity contribution is -0.134. The van der Waals surface area contributed by atoms with Crippen LogP contribution in [0.25, 0.3) is 0 Å². The van der Waals surface area contributed by atoms with E-state index in [0.717, 1.165) is 10.4 Å². The van der Waals surface area contributed by atoms with E-state index in [4.69, 9.17) is 0 Å². The van der Waals surface area contributed by atoms with Crippen molar-refractivity contribution in [2.45, 2.75) is 4.90 Å². The van der Waals surface area contributed by atoms with Crippen LogP contribution in [0.15, 0.2) is 77.8 Å². The Morgan fingerprint density at radius 1 is 1.00 bits per heavy atom. The van der Waals surface area contributed by atoms with Gasteiger partial charge in [0.2, 0.25) is 0 Å². The Hall–Kier alpha value is -2.60. The Labute approximate surface area is 129 Å². The summed E-state index contributed by atoms with van der Waals surface area (Å²) in [5.74, 6) is -0.635. The van der Waals surface area contributed by atoms with Crippen LogP contribution in [0.1, 0.15) is 0 Å². The molecule has 0 saturated carbocycles. The highest BCUT2D eigenvalue weighted by atomic mass is 32.2. The van der Waals surface area contributed by atoms with Crippen LogP contribution in [0.5, 0.6) is 0 Å². The number of methoxy groups -OCH3 is 1. The summed E-state index contributed by atoms with van der Waals surface area (Å²) in [5, 5.41) is 0. The zero-order valence-electron chi connectivity index (χ0n) is 11.9. The van der Waals surface area contributed by atoms with Gasteiger partial charge in [0.15, 0.2) is 0 Å². The maximum Gasteiger partial charge on any atom is 0.331 e. The Morgan fingerprint density at radius 3 is 2.09 bits per heavy atom. The van der Waals surface area contributed by atoms with Crippen LogP contribution < -0.4 is 4.31 Å². The molecule has 2 aromatic rings. The number of hydrogen-bond donors (Lipinski definition) is 0. The number of rotatable bonds is 5. The van der Waals surface area contributed by atoms with E-state index in [9.17, 15) is 13.2 Å². The molecule has 2 rings (SSSR count). The standard InChI is InChI=1S/C16H15NO4S/c1-21-16(18)12-13-17(14-8-4-2-5-9-14)22(19,20)15-10-6-3-7-11-15/h2-13H,1H3/b13-12+. The van der Waals surface area contributed by atoms with Crippen molar-refractivity contribution in [3.63, 3.8) is 0 Å². The summed E-state index contributed by atoms with van der Waals surface area (Å²) in [7, 11) is -2.59. The van der Waals surface area contributed by atoms with E-state index in [-0.39, 0.29) is 4.90 Å². The molecule has 0 heterocycles. The molecule has 2 aromatic carbocycles. The summed E-state index contributed by atoms with van der Waals surface area (Å²) in [6.45, 7) is 0. The highest BCUT2D eigenvalue weighted by Gasteiger charge is 2.22. The molecule has 0 amide bonds. The zero-order chi connectivity index (χ0) is 16.0. The molecule has 0 unspecified atom stereocenters. The monoisotopic (exact) mass is 317 g/mol. The zero-order valence-corrected chi connectivity index (χ0v) is 12.7. The van der Waals surface area contributed by atoms with Crippen LogP contribution in [0.2, 0.25) is 0 Å². The molecule has 0 fully saturated rings. The van der Waals surface area contributed by atoms with E-state index in [1.54, 1.807) is 48.5 Å². The molecule has 0 aliphatic rings. The minimum Gasteiger partial charge on any atom is -0.466 e. The summed E-state index contributed by atoms with van der Waals surface area (Å²) >= 11 is 0. The predicted molar refractivity (Wildman–Crippen MR) is 83.7 cm³/mol. The first-order valence-electron chi connectivity index (χ1n) is 6.46. The van der Waals surface area contributed by atoms with Crippen molar-refractivity contribution in [3.05, 3.63) is 72.9 Å². The SMILES string of the molecule is COC(=O)/C=C/N(c1ccccc1)S(=O)(=O)c1ccccc1. The van der Waals surface area contributed by atoms with Gasteiger partial charge < -0.3 is 4.74 Å². The Morgan fingerprint density at radius 2 is 1.55 bits per heavy atom. The number of para-hydroxylation sites is 1. The molecule has 0 radical (unpaired) electrons. The summed E-state index contributed by atoms with van der Waals surface area (Å²) in [4.78, 5) is 11.4. The van der Waals surface area contributed by atoms with E-state index in [0.29, 0.717) is 5.69 Å². The van der Waals surface area contributed by atoms with Gasteiger partial charge in [0, 0.05) is 12.3 Å². The van der Waals surface area contributed by atoms with Crippen LogP contribution in [0.4, 0.5) is 5.69 Å². The van der Waals surface area contributed by atoms with Crippen molar-refractivity contribution in [2.24, 2.45) is 0 Å². The molecule has 0 spiro atoms. The molecule has 0 atom stereocenters. The van der Waals surface area contributed by atoms with Gasteiger partial charge in [0.05, 0.1) is 17.7 Å². The normalized spacial score (nSPS) is 11.3. The largest absolute Gasteiger partial charge is 0.466 e. The molecule has 6 heteroatoms. The van der Waals surface area contributed by atoms with Crippen LogP contribution in [0.3, 0.4) is 0 Å². The molecule has 22 heavy (non-hydrogen) atoms. The minimum absolute atomic E-state index is 0.133. The van der Waals surface area contributed by atoms with Crippen molar-refractivity contribution < 1.29 is 17.9 Å². The van der Waals surface area contributed by atoms with Crippen molar-refractivity contribution in [3.8, 4) is 0 Å². The van der Waals surface area contributed by atoms with Crippen LogP contribution in [-0.2, 0) is 19.6 Å². The number of esters is 1. The van der Waals surface area contributed by atoms with E-state index >= 15 is 0 Å². The second-order valence-corrected chi connectivity index (χ2v) is 6.10. The topological polar surface area (TPSA) is 63.7 Å². The fourth-order valence-corrected chi connectivity index (χ4v) is 3.13. The predicted octanol–water partition coefficient (Wildman–Crippen LogP) is 2.57. The molecule has 114 valence electrons.